The third kappa shape index (κ3) is 5.30. The van der Waals surface area contributed by atoms with Crippen LogP contribution < -0.4 is 10.2 Å². The molecule has 1 aliphatic rings. The molecule has 0 fully saturated rings. The lowest BCUT2D eigenvalue weighted by atomic mass is 9.78. The van der Waals surface area contributed by atoms with Gasteiger partial charge in [0.05, 0.1) is 16.8 Å². The first-order chi connectivity index (χ1) is 15.7. The Bertz CT molecular complexity index is 1150. The second kappa shape index (κ2) is 9.46. The number of rotatable bonds is 6. The van der Waals surface area contributed by atoms with Crippen molar-refractivity contribution in [2.75, 3.05) is 4.90 Å². The summed E-state index contributed by atoms with van der Waals surface area (Å²) in [5, 5.41) is 13.2. The number of hydrogen-bond acceptors (Lipinski definition) is 2. The molecule has 34 heavy (non-hydrogen) atoms. The number of carbonyl (C=O) groups is 2. The second-order valence-electron chi connectivity index (χ2n) is 10.8. The molecule has 2 amide bonds. The van der Waals surface area contributed by atoms with Crippen LogP contribution in [-0.2, 0) is 12.0 Å². The minimum Gasteiger partial charge on any atom is -0.478 e. The van der Waals surface area contributed by atoms with E-state index in [2.05, 4.69) is 52.1 Å². The summed E-state index contributed by atoms with van der Waals surface area (Å²) in [6.45, 7) is 14.6. The van der Waals surface area contributed by atoms with Crippen LogP contribution in [-0.4, -0.2) is 17.1 Å². The van der Waals surface area contributed by atoms with Crippen molar-refractivity contribution in [3.8, 4) is 0 Å². The zero-order valence-electron chi connectivity index (χ0n) is 21.1. The summed E-state index contributed by atoms with van der Waals surface area (Å²) in [5.41, 5.74) is 4.02. The zero-order valence-corrected chi connectivity index (χ0v) is 21.9. The Morgan fingerprint density at radius 2 is 1.85 bits per heavy atom. The van der Waals surface area contributed by atoms with Gasteiger partial charge in [0.2, 0.25) is 0 Å². The van der Waals surface area contributed by atoms with Gasteiger partial charge < -0.3 is 10.4 Å². The molecule has 1 atom stereocenters. The first kappa shape index (κ1) is 25.8. The second-order valence-corrected chi connectivity index (χ2v) is 11.2. The minimum atomic E-state index is -0.985. The van der Waals surface area contributed by atoms with Crippen molar-refractivity contribution in [1.82, 2.24) is 5.32 Å². The van der Waals surface area contributed by atoms with Gasteiger partial charge in [0.1, 0.15) is 0 Å². The normalized spacial score (nSPS) is 18.7. The van der Waals surface area contributed by atoms with Gasteiger partial charge in [0, 0.05) is 11.2 Å². The van der Waals surface area contributed by atoms with E-state index in [0.29, 0.717) is 16.3 Å². The van der Waals surface area contributed by atoms with Crippen molar-refractivity contribution in [1.29, 1.82) is 0 Å². The number of nitrogens with one attached hydrogen (secondary N) is 1. The maximum atomic E-state index is 13.3. The molecule has 182 valence electrons. The molecule has 0 saturated carbocycles. The quantitative estimate of drug-likeness (QED) is 0.453. The number of hydrogen-bond donors (Lipinski definition) is 2. The Morgan fingerprint density at radius 1 is 1.18 bits per heavy atom. The van der Waals surface area contributed by atoms with Crippen molar-refractivity contribution < 1.29 is 14.7 Å². The van der Waals surface area contributed by atoms with E-state index in [1.807, 2.05) is 19.2 Å². The Labute approximate surface area is 207 Å². The van der Waals surface area contributed by atoms with Gasteiger partial charge in [0.15, 0.2) is 0 Å². The SMILES string of the molecule is Cc1cc(N2C=C(C(C)C)[C@](C)(c3ccc(CCC(C)(C)C)c(Cl)c3)NC2=O)ccc1C(=O)O. The van der Waals surface area contributed by atoms with Gasteiger partial charge in [-0.1, -0.05) is 58.4 Å². The predicted molar refractivity (Wildman–Crippen MR) is 139 cm³/mol. The molecule has 0 aromatic heterocycles. The highest BCUT2D eigenvalue weighted by atomic mass is 35.5. The largest absolute Gasteiger partial charge is 0.478 e. The molecule has 3 rings (SSSR count). The van der Waals surface area contributed by atoms with Gasteiger partial charge in [-0.05, 0) is 84.6 Å². The van der Waals surface area contributed by atoms with Crippen LogP contribution in [0.5, 0.6) is 0 Å². The summed E-state index contributed by atoms with van der Waals surface area (Å²) in [6, 6.07) is 10.7. The number of aryl methyl sites for hydroxylation is 2. The van der Waals surface area contributed by atoms with E-state index in [1.165, 1.54) is 6.07 Å². The summed E-state index contributed by atoms with van der Waals surface area (Å²) < 4.78 is 0. The van der Waals surface area contributed by atoms with E-state index >= 15 is 0 Å². The third-order valence-electron chi connectivity index (χ3n) is 6.54. The van der Waals surface area contributed by atoms with Crippen molar-refractivity contribution >= 4 is 29.3 Å². The molecule has 0 aliphatic carbocycles. The van der Waals surface area contributed by atoms with Gasteiger partial charge in [-0.15, -0.1) is 0 Å². The lowest BCUT2D eigenvalue weighted by Gasteiger charge is -2.42. The van der Waals surface area contributed by atoms with Crippen LogP contribution in [0.3, 0.4) is 0 Å². The molecule has 2 N–H and O–H groups in total. The van der Waals surface area contributed by atoms with E-state index < -0.39 is 11.5 Å². The fourth-order valence-corrected chi connectivity index (χ4v) is 4.71. The fraction of sp³-hybridized carbons (Fsp3) is 0.429. The van der Waals surface area contributed by atoms with E-state index in [4.69, 9.17) is 11.6 Å². The number of aromatic carboxylic acids is 1. The molecule has 1 heterocycles. The number of carboxylic acids is 1. The van der Waals surface area contributed by atoms with Gasteiger partial charge in [-0.3, -0.25) is 4.90 Å². The number of anilines is 1. The highest BCUT2D eigenvalue weighted by Gasteiger charge is 2.40. The average Bonchev–Trinajstić information content (AvgIpc) is 2.71. The fourth-order valence-electron chi connectivity index (χ4n) is 4.44. The van der Waals surface area contributed by atoms with Crippen molar-refractivity contribution in [3.63, 3.8) is 0 Å². The summed E-state index contributed by atoms with van der Waals surface area (Å²) in [4.78, 5) is 26.2. The molecule has 6 heteroatoms. The van der Waals surface area contributed by atoms with Crippen molar-refractivity contribution in [2.45, 2.75) is 66.8 Å². The summed E-state index contributed by atoms with van der Waals surface area (Å²) in [6.07, 6.45) is 3.81. The minimum absolute atomic E-state index is 0.145. The molecule has 0 radical (unpaired) electrons. The molecule has 2 aromatic rings. The summed E-state index contributed by atoms with van der Waals surface area (Å²) in [7, 11) is 0. The van der Waals surface area contributed by atoms with Crippen LogP contribution in [0.1, 0.15) is 75.0 Å². The zero-order chi connectivity index (χ0) is 25.4. The highest BCUT2D eigenvalue weighted by Crippen LogP contribution is 2.40. The van der Waals surface area contributed by atoms with Crippen LogP contribution in [0.4, 0.5) is 10.5 Å². The maximum absolute atomic E-state index is 13.3. The smallest absolute Gasteiger partial charge is 0.335 e. The molecule has 1 aliphatic heterocycles. The summed E-state index contributed by atoms with van der Waals surface area (Å²) in [5.74, 6) is -0.840. The number of amides is 2. The van der Waals surface area contributed by atoms with Crippen LogP contribution >= 0.6 is 11.6 Å². The molecular weight excluding hydrogens is 448 g/mol. The van der Waals surface area contributed by atoms with E-state index in [1.54, 1.807) is 24.0 Å². The lowest BCUT2D eigenvalue weighted by molar-refractivity contribution is 0.0696. The Morgan fingerprint density at radius 3 is 2.38 bits per heavy atom. The number of halogens is 1. The highest BCUT2D eigenvalue weighted by molar-refractivity contribution is 6.31. The Balaban J connectivity index is 2.00. The Kier molecular flexibility index (Phi) is 7.18. The van der Waals surface area contributed by atoms with Gasteiger partial charge in [-0.25, -0.2) is 9.59 Å². The first-order valence-corrected chi connectivity index (χ1v) is 12.1. The first-order valence-electron chi connectivity index (χ1n) is 11.7. The van der Waals surface area contributed by atoms with Crippen LogP contribution in [0.2, 0.25) is 5.02 Å². The average molecular weight is 483 g/mol. The predicted octanol–water partition coefficient (Wildman–Crippen LogP) is 7.31. The molecule has 0 bridgehead atoms. The number of carboxylic acid groups (broad SMARTS) is 1. The van der Waals surface area contributed by atoms with Gasteiger partial charge >= 0.3 is 12.0 Å². The molecule has 0 unspecified atom stereocenters. The van der Waals surface area contributed by atoms with E-state index in [-0.39, 0.29) is 22.9 Å². The van der Waals surface area contributed by atoms with Gasteiger partial charge in [-0.2, -0.15) is 0 Å². The van der Waals surface area contributed by atoms with Crippen LogP contribution in [0.25, 0.3) is 0 Å². The van der Waals surface area contributed by atoms with Crippen LogP contribution in [0, 0.1) is 18.3 Å². The molecular formula is C28H35ClN2O3. The topological polar surface area (TPSA) is 69.6 Å². The van der Waals surface area contributed by atoms with Crippen molar-refractivity contribution in [2.24, 2.45) is 11.3 Å². The van der Waals surface area contributed by atoms with E-state index in [9.17, 15) is 14.7 Å². The number of carbonyl (C=O) groups excluding carboxylic acids is 1. The number of benzene rings is 2. The maximum Gasteiger partial charge on any atom is 0.335 e. The molecule has 2 aromatic carbocycles. The van der Waals surface area contributed by atoms with Crippen LogP contribution in [0.15, 0.2) is 48.2 Å². The third-order valence-corrected chi connectivity index (χ3v) is 6.89. The van der Waals surface area contributed by atoms with Crippen molar-refractivity contribution in [3.05, 3.63) is 75.4 Å². The number of urea groups is 1. The standard InChI is InChI=1S/C28H35ClN2O3/c1-17(2)23-16-31(21-10-11-22(25(32)33)18(3)14-21)26(34)30-28(23,7)20-9-8-19(24(29)15-20)12-13-27(4,5)6/h8-11,14-17H,12-13H2,1-7H3,(H,30,34)(H,32,33)/t28-/m0/s1. The monoisotopic (exact) mass is 482 g/mol. The molecule has 5 nitrogen and oxygen atoms in total. The lowest BCUT2D eigenvalue weighted by Crippen LogP contribution is -2.54. The van der Waals surface area contributed by atoms with E-state index in [0.717, 1.165) is 29.5 Å². The number of nitrogens with zero attached hydrogens (tertiary/aromatic N) is 1. The summed E-state index contributed by atoms with van der Waals surface area (Å²) >= 11 is 6.69. The Hall–Kier alpha value is -2.79. The molecule has 0 saturated heterocycles. The molecule has 0 spiro atoms. The van der Waals surface area contributed by atoms with Gasteiger partial charge in [0.25, 0.3) is 0 Å².